The van der Waals surface area contributed by atoms with Crippen LogP contribution in [0.5, 0.6) is 5.75 Å². The Morgan fingerprint density at radius 1 is 1.16 bits per heavy atom. The number of piperidine rings is 1. The van der Waals surface area contributed by atoms with Crippen molar-refractivity contribution in [1.82, 2.24) is 30.3 Å². The van der Waals surface area contributed by atoms with Crippen LogP contribution in [0.2, 0.25) is 0 Å². The van der Waals surface area contributed by atoms with E-state index in [2.05, 4.69) is 44.8 Å². The van der Waals surface area contributed by atoms with Crippen molar-refractivity contribution in [2.24, 2.45) is 12.0 Å². The molecule has 2 N–H and O–H groups in total. The number of aromatic nitrogens is 3. The van der Waals surface area contributed by atoms with Crippen LogP contribution in [0.3, 0.4) is 0 Å². The molecule has 8 nitrogen and oxygen atoms in total. The van der Waals surface area contributed by atoms with Gasteiger partial charge in [0.1, 0.15) is 18.1 Å². The lowest BCUT2D eigenvalue weighted by Gasteiger charge is -2.33. The van der Waals surface area contributed by atoms with Crippen LogP contribution in [-0.2, 0) is 20.0 Å². The zero-order chi connectivity index (χ0) is 22.8. The number of hydrogen-bond donors (Lipinski definition) is 2. The van der Waals surface area contributed by atoms with Gasteiger partial charge in [0.2, 0.25) is 0 Å². The van der Waals surface area contributed by atoms with Gasteiger partial charge in [0.25, 0.3) is 0 Å². The van der Waals surface area contributed by atoms with Crippen molar-refractivity contribution in [3.63, 3.8) is 0 Å². The Balaban J connectivity index is 1.50. The van der Waals surface area contributed by atoms with Crippen molar-refractivity contribution in [2.75, 3.05) is 33.3 Å². The summed E-state index contributed by atoms with van der Waals surface area (Å²) < 4.78 is 7.22. The van der Waals surface area contributed by atoms with E-state index in [0.29, 0.717) is 12.6 Å². The molecule has 0 amide bonds. The number of methoxy groups -OCH3 is 1. The maximum atomic E-state index is 5.24. The molecule has 2 aromatic rings. The highest BCUT2D eigenvalue weighted by molar-refractivity contribution is 5.79. The van der Waals surface area contributed by atoms with Crippen LogP contribution < -0.4 is 15.4 Å². The molecule has 0 aliphatic carbocycles. The second-order valence-electron chi connectivity index (χ2n) is 8.57. The van der Waals surface area contributed by atoms with E-state index in [4.69, 9.17) is 9.73 Å². The Morgan fingerprint density at radius 3 is 2.62 bits per heavy atom. The molecule has 1 aliphatic heterocycles. The Morgan fingerprint density at radius 2 is 1.94 bits per heavy atom. The van der Waals surface area contributed by atoms with Gasteiger partial charge in [0, 0.05) is 32.7 Å². The van der Waals surface area contributed by atoms with Gasteiger partial charge in [-0.3, -0.25) is 0 Å². The first-order chi connectivity index (χ1) is 15.6. The van der Waals surface area contributed by atoms with E-state index in [-0.39, 0.29) is 0 Å². The summed E-state index contributed by atoms with van der Waals surface area (Å²) in [7, 11) is 3.67. The van der Waals surface area contributed by atoms with Gasteiger partial charge in [-0.1, -0.05) is 18.6 Å². The molecular weight excluding hydrogens is 402 g/mol. The summed E-state index contributed by atoms with van der Waals surface area (Å²) in [6, 6.07) is 8.92. The largest absolute Gasteiger partial charge is 0.497 e. The summed E-state index contributed by atoms with van der Waals surface area (Å²) in [6.45, 7) is 8.87. The number of nitrogens with one attached hydrogen (secondary N) is 2. The average Bonchev–Trinajstić information content (AvgIpc) is 3.13. The summed E-state index contributed by atoms with van der Waals surface area (Å²) >= 11 is 0. The van der Waals surface area contributed by atoms with Crippen LogP contribution in [0.25, 0.3) is 0 Å². The summed E-state index contributed by atoms with van der Waals surface area (Å²) in [5.41, 5.74) is 1.26. The van der Waals surface area contributed by atoms with Crippen LogP contribution in [0.4, 0.5) is 0 Å². The Kier molecular flexibility index (Phi) is 9.34. The average molecular weight is 442 g/mol. The number of nitrogens with zero attached hydrogens (tertiary/aromatic N) is 5. The number of aryl methyl sites for hydroxylation is 1. The molecule has 0 saturated carbocycles. The molecule has 176 valence electrons. The van der Waals surface area contributed by atoms with Crippen molar-refractivity contribution >= 4 is 5.96 Å². The number of benzene rings is 1. The van der Waals surface area contributed by atoms with Crippen LogP contribution in [0.1, 0.15) is 49.8 Å². The first-order valence-electron chi connectivity index (χ1n) is 11.8. The van der Waals surface area contributed by atoms with Crippen molar-refractivity contribution in [3.05, 3.63) is 41.5 Å². The molecule has 3 rings (SSSR count). The minimum Gasteiger partial charge on any atom is -0.497 e. The topological polar surface area (TPSA) is 79.6 Å². The van der Waals surface area contributed by atoms with E-state index < -0.39 is 0 Å². The number of aliphatic imine (C=N–C) groups is 1. The number of likely N-dealkylation sites (tertiary alicyclic amines) is 1. The Hall–Kier alpha value is -2.61. The highest BCUT2D eigenvalue weighted by Crippen LogP contribution is 2.16. The quantitative estimate of drug-likeness (QED) is 0.335. The van der Waals surface area contributed by atoms with Gasteiger partial charge in [-0.2, -0.15) is 0 Å². The summed E-state index contributed by atoms with van der Waals surface area (Å²) in [6.07, 6.45) is 6.04. The van der Waals surface area contributed by atoms with Crippen LogP contribution in [0.15, 0.2) is 29.3 Å². The van der Waals surface area contributed by atoms with Crippen molar-refractivity contribution < 1.29 is 4.74 Å². The minimum absolute atomic E-state index is 0.498. The van der Waals surface area contributed by atoms with Crippen molar-refractivity contribution in [1.29, 1.82) is 0 Å². The lowest BCUT2D eigenvalue weighted by atomic mass is 10.0. The third-order valence-electron chi connectivity index (χ3n) is 6.28. The fourth-order valence-corrected chi connectivity index (χ4v) is 4.01. The fraction of sp³-hybridized carbons (Fsp3) is 0.625. The number of hydrogen-bond acceptors (Lipinski definition) is 5. The zero-order valence-corrected chi connectivity index (χ0v) is 20.1. The zero-order valence-electron chi connectivity index (χ0n) is 20.1. The molecule has 1 saturated heterocycles. The molecular formula is C24H39N7O. The molecule has 1 aromatic heterocycles. The SMILES string of the molecule is COc1ccc(CCNC(=NCc2nnc(C)n2C)NCCCN2CCCCC2C)cc1. The van der Waals surface area contributed by atoms with Crippen LogP contribution in [0, 0.1) is 6.92 Å². The Labute approximate surface area is 192 Å². The maximum absolute atomic E-state index is 5.24. The van der Waals surface area contributed by atoms with Gasteiger partial charge in [-0.25, -0.2) is 4.99 Å². The monoisotopic (exact) mass is 441 g/mol. The first-order valence-corrected chi connectivity index (χ1v) is 11.8. The van der Waals surface area contributed by atoms with Crippen LogP contribution >= 0.6 is 0 Å². The summed E-state index contributed by atoms with van der Waals surface area (Å²) in [4.78, 5) is 7.38. The number of rotatable bonds is 10. The highest BCUT2D eigenvalue weighted by atomic mass is 16.5. The smallest absolute Gasteiger partial charge is 0.191 e. The minimum atomic E-state index is 0.498. The molecule has 0 bridgehead atoms. The van der Waals surface area contributed by atoms with E-state index in [0.717, 1.165) is 55.8 Å². The maximum Gasteiger partial charge on any atom is 0.191 e. The van der Waals surface area contributed by atoms with E-state index in [9.17, 15) is 0 Å². The lowest BCUT2D eigenvalue weighted by Crippen LogP contribution is -2.42. The predicted octanol–water partition coefficient (Wildman–Crippen LogP) is 2.67. The molecule has 1 atom stereocenters. The molecule has 1 aliphatic rings. The first kappa shape index (κ1) is 24.0. The van der Waals surface area contributed by atoms with E-state index in [1.54, 1.807) is 7.11 Å². The van der Waals surface area contributed by atoms with E-state index in [1.807, 2.05) is 30.7 Å². The fourth-order valence-electron chi connectivity index (χ4n) is 4.01. The molecule has 32 heavy (non-hydrogen) atoms. The van der Waals surface area contributed by atoms with Crippen molar-refractivity contribution in [3.8, 4) is 5.75 Å². The van der Waals surface area contributed by atoms with Gasteiger partial charge in [0.15, 0.2) is 11.8 Å². The molecule has 1 unspecified atom stereocenters. The predicted molar refractivity (Wildman–Crippen MR) is 129 cm³/mol. The number of ether oxygens (including phenoxy) is 1. The Bertz CT molecular complexity index is 847. The standard InChI is InChI=1S/C24H39N7O/c1-19-8-5-6-16-31(19)17-7-14-25-24(27-18-23-29-28-20(2)30(23)3)26-15-13-21-9-11-22(32-4)12-10-21/h9-12,19H,5-8,13-18H2,1-4H3,(H2,25,26,27). The third-order valence-corrected chi connectivity index (χ3v) is 6.28. The summed E-state index contributed by atoms with van der Waals surface area (Å²) in [5.74, 6) is 3.47. The molecule has 0 radical (unpaired) electrons. The second kappa shape index (κ2) is 12.4. The third kappa shape index (κ3) is 7.22. The number of guanidine groups is 1. The molecule has 2 heterocycles. The molecule has 8 heteroatoms. The van der Waals surface area contributed by atoms with Crippen LogP contribution in [-0.4, -0.2) is 65.0 Å². The van der Waals surface area contributed by atoms with E-state index >= 15 is 0 Å². The van der Waals surface area contributed by atoms with Gasteiger partial charge < -0.3 is 24.8 Å². The molecule has 0 spiro atoms. The highest BCUT2D eigenvalue weighted by Gasteiger charge is 2.17. The normalized spacial score (nSPS) is 17.4. The van der Waals surface area contributed by atoms with Gasteiger partial charge >= 0.3 is 0 Å². The van der Waals surface area contributed by atoms with Gasteiger partial charge in [-0.15, -0.1) is 10.2 Å². The molecule has 1 fully saturated rings. The van der Waals surface area contributed by atoms with Crippen molar-refractivity contribution in [2.45, 2.75) is 58.5 Å². The van der Waals surface area contributed by atoms with E-state index in [1.165, 1.54) is 31.4 Å². The lowest BCUT2D eigenvalue weighted by molar-refractivity contribution is 0.159. The van der Waals surface area contributed by atoms with Gasteiger partial charge in [-0.05, 0) is 63.8 Å². The van der Waals surface area contributed by atoms with Gasteiger partial charge in [0.05, 0.1) is 7.11 Å². The molecule has 1 aromatic carbocycles. The summed E-state index contributed by atoms with van der Waals surface area (Å²) in [5, 5.41) is 15.3. The second-order valence-corrected chi connectivity index (χ2v) is 8.57.